The Labute approximate surface area is 115 Å². The number of phenolic OH excluding ortho intramolecular Hbond substituents is 1. The van der Waals surface area contributed by atoms with Crippen LogP contribution >= 0.6 is 0 Å². The lowest BCUT2D eigenvalue weighted by molar-refractivity contribution is -0.384. The Bertz CT molecular complexity index is 609. The maximum Gasteiger partial charge on any atom is 0.273 e. The molecule has 0 aliphatic carbocycles. The summed E-state index contributed by atoms with van der Waals surface area (Å²) in [5.41, 5.74) is -0.404. The van der Waals surface area contributed by atoms with E-state index in [9.17, 15) is 23.6 Å². The third-order valence-corrected chi connectivity index (χ3v) is 4.23. The number of aromatic hydroxyl groups is 1. The fourth-order valence-corrected chi connectivity index (χ4v) is 3.29. The molecule has 1 fully saturated rings. The lowest BCUT2D eigenvalue weighted by Gasteiger charge is -2.12. The van der Waals surface area contributed by atoms with Gasteiger partial charge in [-0.3, -0.25) is 14.8 Å². The van der Waals surface area contributed by atoms with Crippen LogP contribution < -0.4 is 4.72 Å². The van der Waals surface area contributed by atoms with Crippen molar-refractivity contribution in [2.45, 2.75) is 18.9 Å². The predicted molar refractivity (Wildman–Crippen MR) is 71.1 cm³/mol. The van der Waals surface area contributed by atoms with E-state index in [-0.39, 0.29) is 23.2 Å². The average molecular weight is 302 g/mol. The van der Waals surface area contributed by atoms with Gasteiger partial charge in [0.2, 0.25) is 10.0 Å². The Morgan fingerprint density at radius 3 is 2.80 bits per heavy atom. The number of non-ortho nitro benzene ring substituents is 1. The maximum atomic E-state index is 11.9. The standard InChI is InChI=1S/C11H14N2O6S/c14-11-6-8(13(15)16)3-4-10(11)12-20(17,18)7-9-2-1-5-19-9/h3-4,6,9,12,14H,1-2,5,7H2. The molecule has 1 aromatic rings. The Hall–Kier alpha value is -1.87. The molecule has 9 heteroatoms. The topological polar surface area (TPSA) is 119 Å². The van der Waals surface area contributed by atoms with Gasteiger partial charge in [-0.1, -0.05) is 0 Å². The van der Waals surface area contributed by atoms with Crippen LogP contribution in [0.5, 0.6) is 5.75 Å². The molecule has 0 bridgehead atoms. The predicted octanol–water partition coefficient (Wildman–Crippen LogP) is 1.22. The Morgan fingerprint density at radius 2 is 2.25 bits per heavy atom. The fraction of sp³-hybridized carbons (Fsp3) is 0.455. The average Bonchev–Trinajstić information content (AvgIpc) is 2.83. The van der Waals surface area contributed by atoms with Gasteiger partial charge in [0.15, 0.2) is 0 Å². The van der Waals surface area contributed by atoms with E-state index in [1.165, 1.54) is 0 Å². The van der Waals surface area contributed by atoms with Crippen molar-refractivity contribution >= 4 is 21.4 Å². The number of nitrogens with zero attached hydrogens (tertiary/aromatic N) is 1. The van der Waals surface area contributed by atoms with Crippen LogP contribution in [0.15, 0.2) is 18.2 Å². The zero-order valence-electron chi connectivity index (χ0n) is 10.5. The van der Waals surface area contributed by atoms with Crippen molar-refractivity contribution in [3.63, 3.8) is 0 Å². The molecule has 110 valence electrons. The third-order valence-electron chi connectivity index (χ3n) is 2.89. The molecular formula is C11H14N2O6S. The molecule has 0 radical (unpaired) electrons. The number of sulfonamides is 1. The molecule has 1 aliphatic rings. The Balaban J connectivity index is 2.10. The van der Waals surface area contributed by atoms with Crippen LogP contribution in [0.2, 0.25) is 0 Å². The quantitative estimate of drug-likeness (QED) is 0.479. The highest BCUT2D eigenvalue weighted by atomic mass is 32.2. The van der Waals surface area contributed by atoms with Gasteiger partial charge in [0.1, 0.15) is 5.75 Å². The summed E-state index contributed by atoms with van der Waals surface area (Å²) >= 11 is 0. The van der Waals surface area contributed by atoms with Gasteiger partial charge in [-0.05, 0) is 18.9 Å². The number of anilines is 1. The fourth-order valence-electron chi connectivity index (χ4n) is 1.95. The molecule has 2 N–H and O–H groups in total. The van der Waals surface area contributed by atoms with E-state index in [0.29, 0.717) is 13.0 Å². The van der Waals surface area contributed by atoms with Gasteiger partial charge in [-0.15, -0.1) is 0 Å². The van der Waals surface area contributed by atoms with Crippen LogP contribution in [0.4, 0.5) is 11.4 Å². The molecule has 1 heterocycles. The van der Waals surface area contributed by atoms with Gasteiger partial charge in [-0.25, -0.2) is 8.42 Å². The maximum absolute atomic E-state index is 11.9. The van der Waals surface area contributed by atoms with Crippen molar-refractivity contribution in [3.8, 4) is 5.75 Å². The van der Waals surface area contributed by atoms with Gasteiger partial charge in [0, 0.05) is 12.7 Å². The molecule has 0 saturated carbocycles. The number of ether oxygens (including phenoxy) is 1. The minimum Gasteiger partial charge on any atom is -0.505 e. The SMILES string of the molecule is O=[N+]([O-])c1ccc(NS(=O)(=O)CC2CCCO2)c(O)c1. The monoisotopic (exact) mass is 302 g/mol. The summed E-state index contributed by atoms with van der Waals surface area (Å²) in [6, 6.07) is 3.16. The van der Waals surface area contributed by atoms with Crippen LogP contribution in [0.3, 0.4) is 0 Å². The number of nitro benzene ring substituents is 1. The number of nitro groups is 1. The van der Waals surface area contributed by atoms with Crippen LogP contribution in [0.1, 0.15) is 12.8 Å². The summed E-state index contributed by atoms with van der Waals surface area (Å²) in [5, 5.41) is 20.1. The number of nitrogens with one attached hydrogen (secondary N) is 1. The normalized spacial score (nSPS) is 18.9. The number of phenols is 1. The van der Waals surface area contributed by atoms with E-state index in [0.717, 1.165) is 24.6 Å². The first-order valence-electron chi connectivity index (χ1n) is 5.97. The first-order chi connectivity index (χ1) is 9.37. The largest absolute Gasteiger partial charge is 0.505 e. The zero-order valence-corrected chi connectivity index (χ0v) is 11.3. The number of rotatable bonds is 5. The van der Waals surface area contributed by atoms with E-state index in [1.54, 1.807) is 0 Å². The Kier molecular flexibility index (Phi) is 4.09. The van der Waals surface area contributed by atoms with Crippen molar-refractivity contribution < 1.29 is 23.2 Å². The molecule has 1 saturated heterocycles. The van der Waals surface area contributed by atoms with Crippen molar-refractivity contribution in [1.29, 1.82) is 0 Å². The van der Waals surface area contributed by atoms with Crippen LogP contribution in [-0.2, 0) is 14.8 Å². The van der Waals surface area contributed by atoms with Gasteiger partial charge in [0.25, 0.3) is 5.69 Å². The highest BCUT2D eigenvalue weighted by Crippen LogP contribution is 2.29. The Morgan fingerprint density at radius 1 is 1.50 bits per heavy atom. The van der Waals surface area contributed by atoms with Crippen molar-refractivity contribution in [3.05, 3.63) is 28.3 Å². The van der Waals surface area contributed by atoms with E-state index in [1.807, 2.05) is 0 Å². The van der Waals surface area contributed by atoms with Crippen molar-refractivity contribution in [2.75, 3.05) is 17.1 Å². The first kappa shape index (κ1) is 14.5. The number of benzene rings is 1. The summed E-state index contributed by atoms with van der Waals surface area (Å²) in [7, 11) is -3.68. The molecular weight excluding hydrogens is 288 g/mol. The minimum atomic E-state index is -3.68. The molecule has 1 aliphatic heterocycles. The summed E-state index contributed by atoms with van der Waals surface area (Å²) in [5.74, 6) is -0.696. The third kappa shape index (κ3) is 3.58. The highest BCUT2D eigenvalue weighted by molar-refractivity contribution is 7.92. The second-order valence-electron chi connectivity index (χ2n) is 4.48. The number of hydrogen-bond acceptors (Lipinski definition) is 6. The first-order valence-corrected chi connectivity index (χ1v) is 7.62. The molecule has 0 amide bonds. The lowest BCUT2D eigenvalue weighted by atomic mass is 10.2. The molecule has 8 nitrogen and oxygen atoms in total. The summed E-state index contributed by atoms with van der Waals surface area (Å²) in [6.07, 6.45) is 1.14. The van der Waals surface area contributed by atoms with Gasteiger partial charge in [-0.2, -0.15) is 0 Å². The molecule has 2 rings (SSSR count). The summed E-state index contributed by atoms with van der Waals surface area (Å²) in [4.78, 5) is 9.84. The minimum absolute atomic E-state index is 0.0893. The van der Waals surface area contributed by atoms with E-state index in [2.05, 4.69) is 4.72 Å². The smallest absolute Gasteiger partial charge is 0.273 e. The molecule has 0 spiro atoms. The second kappa shape index (κ2) is 5.63. The molecule has 20 heavy (non-hydrogen) atoms. The molecule has 0 aromatic heterocycles. The van der Waals surface area contributed by atoms with E-state index < -0.39 is 20.7 Å². The van der Waals surface area contributed by atoms with Crippen molar-refractivity contribution in [1.82, 2.24) is 0 Å². The lowest BCUT2D eigenvalue weighted by Crippen LogP contribution is -2.25. The van der Waals surface area contributed by atoms with E-state index in [4.69, 9.17) is 4.74 Å². The molecule has 1 aromatic carbocycles. The van der Waals surface area contributed by atoms with Crippen LogP contribution in [0.25, 0.3) is 0 Å². The van der Waals surface area contributed by atoms with Gasteiger partial charge in [0.05, 0.1) is 28.5 Å². The summed E-state index contributed by atoms with van der Waals surface area (Å²) < 4.78 is 31.2. The van der Waals surface area contributed by atoms with Crippen molar-refractivity contribution in [2.24, 2.45) is 0 Å². The highest BCUT2D eigenvalue weighted by Gasteiger charge is 2.24. The van der Waals surface area contributed by atoms with E-state index >= 15 is 0 Å². The summed E-state index contributed by atoms with van der Waals surface area (Å²) in [6.45, 7) is 0.545. The number of hydrogen-bond donors (Lipinski definition) is 2. The van der Waals surface area contributed by atoms with Crippen LogP contribution in [0, 0.1) is 10.1 Å². The zero-order chi connectivity index (χ0) is 14.8. The molecule has 1 unspecified atom stereocenters. The van der Waals surface area contributed by atoms with Gasteiger partial charge >= 0.3 is 0 Å². The second-order valence-corrected chi connectivity index (χ2v) is 6.24. The van der Waals surface area contributed by atoms with Gasteiger partial charge < -0.3 is 9.84 Å². The van der Waals surface area contributed by atoms with Crippen LogP contribution in [-0.4, -0.2) is 36.9 Å². The molecule has 1 atom stereocenters.